The molecule has 0 saturated carbocycles. The van der Waals surface area contributed by atoms with Crippen molar-refractivity contribution < 1.29 is 35.4 Å². The average molecular weight is 495 g/mol. The van der Waals surface area contributed by atoms with Crippen LogP contribution >= 0.6 is 22.7 Å². The second-order valence-electron chi connectivity index (χ2n) is 7.46. The van der Waals surface area contributed by atoms with E-state index in [1.165, 1.54) is 22.7 Å². The van der Waals surface area contributed by atoms with Crippen LogP contribution in [0.15, 0.2) is 33.7 Å². The third-order valence-electron chi connectivity index (χ3n) is 6.07. The van der Waals surface area contributed by atoms with E-state index in [0.717, 1.165) is 0 Å². The van der Waals surface area contributed by atoms with Crippen LogP contribution in [0.25, 0.3) is 0 Å². The molecule has 2 saturated heterocycles. The van der Waals surface area contributed by atoms with Crippen LogP contribution in [0.5, 0.6) is 0 Å². The van der Waals surface area contributed by atoms with E-state index in [1.54, 1.807) is 33.7 Å². The van der Waals surface area contributed by atoms with E-state index in [1.807, 2.05) is 0 Å². The van der Waals surface area contributed by atoms with Crippen LogP contribution in [0.2, 0.25) is 0 Å². The van der Waals surface area contributed by atoms with Gasteiger partial charge in [-0.3, -0.25) is 8.37 Å². The van der Waals surface area contributed by atoms with Crippen molar-refractivity contribution >= 4 is 42.9 Å². The normalized spacial score (nSPS) is 33.0. The quantitative estimate of drug-likeness (QED) is 0.607. The summed E-state index contributed by atoms with van der Waals surface area (Å²) < 4.78 is 59.6. The summed E-state index contributed by atoms with van der Waals surface area (Å²) in [6.07, 6.45) is -3.47. The van der Waals surface area contributed by atoms with Gasteiger partial charge in [-0.25, -0.2) is 0 Å². The Hall–Kier alpha value is -0.860. The van der Waals surface area contributed by atoms with Gasteiger partial charge in [-0.2, -0.15) is 39.5 Å². The lowest BCUT2D eigenvalue weighted by Crippen LogP contribution is -2.70. The highest BCUT2D eigenvalue weighted by Gasteiger charge is 2.75. The van der Waals surface area contributed by atoms with E-state index < -0.39 is 41.9 Å². The van der Waals surface area contributed by atoms with Gasteiger partial charge in [0.1, 0.15) is 12.2 Å². The monoisotopic (exact) mass is 494 g/mol. The summed E-state index contributed by atoms with van der Waals surface area (Å²) in [6.45, 7) is -0.238. The van der Waals surface area contributed by atoms with Gasteiger partial charge in [0.2, 0.25) is 0 Å². The SMILES string of the molecule is O=S1(=O)OCCCC1(C(O)c1ccsc1)C1(C(O)c2ccsc2)CCCOS1(=O)=O. The fourth-order valence-corrected chi connectivity index (χ4v) is 10.7. The maximum atomic E-state index is 13.5. The maximum Gasteiger partial charge on any atom is 0.277 e. The van der Waals surface area contributed by atoms with Gasteiger partial charge in [0, 0.05) is 0 Å². The summed E-state index contributed by atoms with van der Waals surface area (Å²) in [7, 11) is -9.27. The van der Waals surface area contributed by atoms with Crippen LogP contribution < -0.4 is 0 Å². The lowest BCUT2D eigenvalue weighted by atomic mass is 9.73. The number of hydrogen-bond donors (Lipinski definition) is 2. The predicted molar refractivity (Wildman–Crippen MR) is 112 cm³/mol. The van der Waals surface area contributed by atoms with Crippen LogP contribution in [0.3, 0.4) is 0 Å². The second-order valence-corrected chi connectivity index (χ2v) is 12.8. The zero-order valence-corrected chi connectivity index (χ0v) is 19.1. The highest BCUT2D eigenvalue weighted by Crippen LogP contribution is 2.59. The van der Waals surface area contributed by atoms with Gasteiger partial charge in [0.25, 0.3) is 20.2 Å². The van der Waals surface area contributed by atoms with Crippen molar-refractivity contribution in [3.63, 3.8) is 0 Å². The molecule has 2 fully saturated rings. The molecule has 2 N–H and O–H groups in total. The van der Waals surface area contributed by atoms with Crippen LogP contribution in [-0.2, 0) is 28.6 Å². The molecule has 0 spiro atoms. The summed E-state index contributed by atoms with van der Waals surface area (Å²) in [6, 6.07) is 3.09. The third kappa shape index (κ3) is 3.04. The predicted octanol–water partition coefficient (Wildman–Crippen LogP) is 2.33. The van der Waals surface area contributed by atoms with Crippen LogP contribution in [0, 0.1) is 0 Å². The summed E-state index contributed by atoms with van der Waals surface area (Å²) in [4.78, 5) is 0. The Morgan fingerprint density at radius 3 is 1.50 bits per heavy atom. The van der Waals surface area contributed by atoms with Gasteiger partial charge >= 0.3 is 0 Å². The standard InChI is InChI=1S/C18H22O8S4/c19-15(13-3-9-27-11-13)17(5-1-7-25-29(17,21)22)18(6-2-8-26-30(18,23)24)16(20)14-4-10-28-12-14/h3-4,9-12,15-16,19-20H,1-2,5-8H2. The Morgan fingerprint density at radius 2 is 1.20 bits per heavy atom. The number of aliphatic hydroxyl groups excluding tert-OH is 2. The van der Waals surface area contributed by atoms with Gasteiger partial charge in [0.05, 0.1) is 13.2 Å². The van der Waals surface area contributed by atoms with E-state index in [4.69, 9.17) is 8.37 Å². The van der Waals surface area contributed by atoms with Crippen molar-refractivity contribution in [2.24, 2.45) is 0 Å². The molecule has 12 heteroatoms. The zero-order valence-electron chi connectivity index (χ0n) is 15.8. The van der Waals surface area contributed by atoms with E-state index in [9.17, 15) is 27.0 Å². The number of thiophene rings is 2. The van der Waals surface area contributed by atoms with E-state index in [0.29, 0.717) is 0 Å². The zero-order chi connectivity index (χ0) is 21.6. The Kier molecular flexibility index (Phi) is 5.90. The van der Waals surface area contributed by atoms with E-state index >= 15 is 0 Å². The molecule has 166 valence electrons. The Morgan fingerprint density at radius 1 is 0.800 bits per heavy atom. The highest BCUT2D eigenvalue weighted by atomic mass is 32.2. The van der Waals surface area contributed by atoms with Crippen molar-refractivity contribution in [2.45, 2.75) is 47.4 Å². The molecule has 2 aliphatic heterocycles. The number of aliphatic hydroxyl groups is 2. The lowest BCUT2D eigenvalue weighted by molar-refractivity contribution is -0.00114. The summed E-state index contributed by atoms with van der Waals surface area (Å²) >= 11 is 2.49. The van der Waals surface area contributed by atoms with Crippen molar-refractivity contribution in [3.05, 3.63) is 44.8 Å². The minimum Gasteiger partial charge on any atom is -0.387 e. The largest absolute Gasteiger partial charge is 0.387 e. The number of hydrogen-bond acceptors (Lipinski definition) is 10. The van der Waals surface area contributed by atoms with Gasteiger partial charge in [-0.1, -0.05) is 0 Å². The molecule has 0 aliphatic carbocycles. The van der Waals surface area contributed by atoms with Crippen molar-refractivity contribution in [1.29, 1.82) is 0 Å². The summed E-state index contributed by atoms with van der Waals surface area (Å²) in [5, 5.41) is 29.3. The fraction of sp³-hybridized carbons (Fsp3) is 0.556. The van der Waals surface area contributed by atoms with Crippen molar-refractivity contribution in [3.8, 4) is 0 Å². The minimum absolute atomic E-state index is 0.119. The first-order valence-corrected chi connectivity index (χ1v) is 14.1. The third-order valence-corrected chi connectivity index (χ3v) is 11.9. The maximum absolute atomic E-state index is 13.5. The Balaban J connectivity index is 2.07. The molecule has 2 aliphatic rings. The topological polar surface area (TPSA) is 127 Å². The first-order chi connectivity index (χ1) is 14.2. The molecule has 30 heavy (non-hydrogen) atoms. The fourth-order valence-electron chi connectivity index (χ4n) is 4.72. The highest BCUT2D eigenvalue weighted by molar-refractivity contribution is 7.92. The smallest absolute Gasteiger partial charge is 0.277 e. The van der Waals surface area contributed by atoms with E-state index in [2.05, 4.69) is 0 Å². The molecule has 4 heterocycles. The Labute approximate surface area is 183 Å². The minimum atomic E-state index is -4.64. The first kappa shape index (κ1) is 22.3. The molecule has 0 bridgehead atoms. The van der Waals surface area contributed by atoms with Gasteiger partial charge in [-0.05, 0) is 70.5 Å². The molecule has 4 rings (SSSR count). The van der Waals surface area contributed by atoms with Gasteiger partial charge in [0.15, 0.2) is 9.49 Å². The van der Waals surface area contributed by atoms with Crippen LogP contribution in [0.4, 0.5) is 0 Å². The molecular weight excluding hydrogens is 472 g/mol. The molecule has 8 nitrogen and oxygen atoms in total. The lowest BCUT2D eigenvalue weighted by Gasteiger charge is -2.54. The molecule has 4 unspecified atom stereocenters. The Bertz CT molecular complexity index is 989. The molecule has 0 amide bonds. The van der Waals surface area contributed by atoms with Crippen LogP contribution in [0.1, 0.15) is 49.0 Å². The van der Waals surface area contributed by atoms with Crippen LogP contribution in [-0.4, -0.2) is 49.8 Å². The number of rotatable bonds is 5. The van der Waals surface area contributed by atoms with Gasteiger partial charge in [-0.15, -0.1) is 0 Å². The van der Waals surface area contributed by atoms with Crippen molar-refractivity contribution in [1.82, 2.24) is 0 Å². The molecule has 4 atom stereocenters. The van der Waals surface area contributed by atoms with Gasteiger partial charge < -0.3 is 10.2 Å². The average Bonchev–Trinajstić information content (AvgIpc) is 3.41. The molecule has 0 aromatic carbocycles. The van der Waals surface area contributed by atoms with Crippen molar-refractivity contribution in [2.75, 3.05) is 13.2 Å². The van der Waals surface area contributed by atoms with E-state index in [-0.39, 0.29) is 50.0 Å². The molecule has 2 aromatic rings. The summed E-state index contributed by atoms with van der Waals surface area (Å²) in [5.41, 5.74) is 0.512. The molecule has 2 aromatic heterocycles. The second kappa shape index (κ2) is 7.93. The summed E-state index contributed by atoms with van der Waals surface area (Å²) in [5.74, 6) is 0. The first-order valence-electron chi connectivity index (χ1n) is 9.38. The molecular formula is C18H22O8S4. The molecule has 0 radical (unpaired) electrons.